The molecule has 1 aliphatic rings. The second-order valence-electron chi connectivity index (χ2n) is 8.31. The van der Waals surface area contributed by atoms with Gasteiger partial charge in [-0.1, -0.05) is 53.2 Å². The van der Waals surface area contributed by atoms with Crippen molar-refractivity contribution >= 4 is 46.7 Å². The van der Waals surface area contributed by atoms with Crippen LogP contribution in [0.5, 0.6) is 0 Å². The van der Waals surface area contributed by atoms with Gasteiger partial charge in [-0.15, -0.1) is 0 Å². The minimum Gasteiger partial charge on any atom is -0.353 e. The van der Waals surface area contributed by atoms with Crippen LogP contribution in [0.25, 0.3) is 0 Å². The highest BCUT2D eigenvalue weighted by molar-refractivity contribution is 7.99. The van der Waals surface area contributed by atoms with E-state index in [1.54, 1.807) is 18.2 Å². The number of carbonyl (C=O) groups excluding carboxylic acids is 2. The summed E-state index contributed by atoms with van der Waals surface area (Å²) in [6, 6.07) is 15.2. The molecule has 2 aromatic carbocycles. The van der Waals surface area contributed by atoms with Crippen molar-refractivity contribution in [3.8, 4) is 0 Å². The predicted molar refractivity (Wildman–Crippen MR) is 137 cm³/mol. The van der Waals surface area contributed by atoms with Crippen LogP contribution in [0, 0.1) is 12.7 Å². The zero-order chi connectivity index (χ0) is 24.9. The van der Waals surface area contributed by atoms with Crippen molar-refractivity contribution in [2.45, 2.75) is 25.0 Å². The summed E-state index contributed by atoms with van der Waals surface area (Å²) in [6.07, 6.45) is 0. The number of para-hydroxylation sites is 1. The Morgan fingerprint density at radius 1 is 1.14 bits per heavy atom. The lowest BCUT2D eigenvalue weighted by Crippen LogP contribution is -2.54. The predicted octanol–water partition coefficient (Wildman–Crippen LogP) is 4.66. The summed E-state index contributed by atoms with van der Waals surface area (Å²) in [5.41, 5.74) is 1.91. The Bertz CT molecular complexity index is 1230. The third-order valence-corrected chi connectivity index (χ3v) is 6.69. The van der Waals surface area contributed by atoms with Crippen molar-refractivity contribution < 1.29 is 14.0 Å². The van der Waals surface area contributed by atoms with E-state index in [0.717, 1.165) is 17.3 Å². The van der Waals surface area contributed by atoms with Crippen molar-refractivity contribution in [3.63, 3.8) is 0 Å². The Kier molecular flexibility index (Phi) is 7.87. The number of aromatic nitrogens is 2. The minimum atomic E-state index is -0.499. The van der Waals surface area contributed by atoms with Crippen molar-refractivity contribution in [3.05, 3.63) is 76.7 Å². The zero-order valence-electron chi connectivity index (χ0n) is 19.4. The molecule has 2 heterocycles. The van der Waals surface area contributed by atoms with Gasteiger partial charge in [-0.25, -0.2) is 14.4 Å². The van der Waals surface area contributed by atoms with Gasteiger partial charge in [-0.3, -0.25) is 9.59 Å². The minimum absolute atomic E-state index is 0.00332. The van der Waals surface area contributed by atoms with Gasteiger partial charge in [0.15, 0.2) is 5.16 Å². The molecule has 10 heteroatoms. The van der Waals surface area contributed by atoms with Gasteiger partial charge < -0.3 is 15.1 Å². The fourth-order valence-corrected chi connectivity index (χ4v) is 4.70. The molecule has 0 aliphatic carbocycles. The summed E-state index contributed by atoms with van der Waals surface area (Å²) >= 11 is 7.36. The van der Waals surface area contributed by atoms with E-state index in [2.05, 4.69) is 20.2 Å². The van der Waals surface area contributed by atoms with Crippen LogP contribution in [0.3, 0.4) is 0 Å². The number of rotatable bonds is 6. The van der Waals surface area contributed by atoms with Gasteiger partial charge >= 0.3 is 0 Å². The largest absolute Gasteiger partial charge is 0.353 e. The SMILES string of the molecule is Cc1ccc(C(=O)N2CCN(c3cc(Cl)nc(SCC(=O)Nc4ccccc4F)n3)CC2C)cc1. The molecule has 3 aromatic rings. The van der Waals surface area contributed by atoms with Crippen LogP contribution in [-0.2, 0) is 4.79 Å². The van der Waals surface area contributed by atoms with Gasteiger partial charge in [0.2, 0.25) is 5.91 Å². The molecule has 1 saturated heterocycles. The Morgan fingerprint density at radius 3 is 2.60 bits per heavy atom. The summed E-state index contributed by atoms with van der Waals surface area (Å²) < 4.78 is 13.8. The van der Waals surface area contributed by atoms with E-state index >= 15 is 0 Å². The lowest BCUT2D eigenvalue weighted by atomic mass is 10.1. The number of halogens is 2. The number of piperazine rings is 1. The maximum atomic E-state index is 13.8. The number of hydrogen-bond donors (Lipinski definition) is 1. The molecule has 0 saturated carbocycles. The smallest absolute Gasteiger partial charge is 0.254 e. The maximum Gasteiger partial charge on any atom is 0.254 e. The van der Waals surface area contributed by atoms with E-state index in [4.69, 9.17) is 11.6 Å². The first-order chi connectivity index (χ1) is 16.8. The monoisotopic (exact) mass is 513 g/mol. The molecule has 1 fully saturated rings. The molecule has 1 aromatic heterocycles. The van der Waals surface area contributed by atoms with E-state index in [0.29, 0.717) is 36.2 Å². The van der Waals surface area contributed by atoms with Crippen LogP contribution in [0.4, 0.5) is 15.9 Å². The van der Waals surface area contributed by atoms with E-state index in [-0.39, 0.29) is 34.4 Å². The quantitative estimate of drug-likeness (QED) is 0.293. The summed E-state index contributed by atoms with van der Waals surface area (Å²) in [4.78, 5) is 37.9. The first-order valence-corrected chi connectivity index (χ1v) is 12.5. The summed E-state index contributed by atoms with van der Waals surface area (Å²) in [7, 11) is 0. The molecular formula is C25H25ClFN5O2S. The van der Waals surface area contributed by atoms with Crippen molar-refractivity contribution in [2.75, 3.05) is 35.6 Å². The molecule has 7 nitrogen and oxygen atoms in total. The molecule has 182 valence electrons. The Balaban J connectivity index is 1.38. The fraction of sp³-hybridized carbons (Fsp3) is 0.280. The van der Waals surface area contributed by atoms with Crippen LogP contribution in [0.1, 0.15) is 22.8 Å². The van der Waals surface area contributed by atoms with Crippen LogP contribution in [-0.4, -0.2) is 58.1 Å². The van der Waals surface area contributed by atoms with Crippen LogP contribution >= 0.6 is 23.4 Å². The van der Waals surface area contributed by atoms with Crippen molar-refractivity contribution in [1.29, 1.82) is 0 Å². The van der Waals surface area contributed by atoms with E-state index < -0.39 is 5.82 Å². The summed E-state index contributed by atoms with van der Waals surface area (Å²) in [6.45, 7) is 5.72. The number of aryl methyl sites for hydroxylation is 1. The molecular weight excluding hydrogens is 489 g/mol. The normalized spacial score (nSPS) is 15.7. The lowest BCUT2D eigenvalue weighted by molar-refractivity contribution is -0.113. The number of benzene rings is 2. The number of thioether (sulfide) groups is 1. The van der Waals surface area contributed by atoms with Gasteiger partial charge in [-0.2, -0.15) is 0 Å². The first-order valence-electron chi connectivity index (χ1n) is 11.1. The first kappa shape index (κ1) is 24.9. The number of nitrogens with zero attached hydrogens (tertiary/aromatic N) is 4. The average Bonchev–Trinajstić information content (AvgIpc) is 2.84. The van der Waals surface area contributed by atoms with Gasteiger partial charge in [0.1, 0.15) is 16.8 Å². The highest BCUT2D eigenvalue weighted by Gasteiger charge is 2.29. The number of hydrogen-bond acceptors (Lipinski definition) is 6. The van der Waals surface area contributed by atoms with E-state index in [1.807, 2.05) is 43.0 Å². The lowest BCUT2D eigenvalue weighted by Gasteiger charge is -2.40. The molecule has 1 N–H and O–H groups in total. The molecule has 0 radical (unpaired) electrons. The zero-order valence-corrected chi connectivity index (χ0v) is 20.9. The Morgan fingerprint density at radius 2 is 1.89 bits per heavy atom. The van der Waals surface area contributed by atoms with Crippen LogP contribution < -0.4 is 10.2 Å². The van der Waals surface area contributed by atoms with Crippen molar-refractivity contribution in [2.24, 2.45) is 0 Å². The third kappa shape index (κ3) is 6.29. The van der Waals surface area contributed by atoms with E-state index in [9.17, 15) is 14.0 Å². The number of amides is 2. The standard InChI is InChI=1S/C25H25ClFN5O2S/c1-16-7-9-18(10-8-16)24(34)32-12-11-31(14-17(32)2)22-13-21(26)29-25(30-22)35-15-23(33)28-20-6-4-3-5-19(20)27/h3-10,13,17H,11-12,14-15H2,1-2H3,(H,28,33). The van der Waals surface area contributed by atoms with Crippen LogP contribution in [0.2, 0.25) is 5.15 Å². The number of carbonyl (C=O) groups is 2. The Hall–Kier alpha value is -3.17. The van der Waals surface area contributed by atoms with Gasteiger partial charge in [0.25, 0.3) is 5.91 Å². The third-order valence-electron chi connectivity index (χ3n) is 5.65. The molecule has 0 spiro atoms. The topological polar surface area (TPSA) is 78.4 Å². The molecule has 35 heavy (non-hydrogen) atoms. The second-order valence-corrected chi connectivity index (χ2v) is 9.64. The van der Waals surface area contributed by atoms with Gasteiger partial charge in [-0.05, 0) is 38.1 Å². The average molecular weight is 514 g/mol. The van der Waals surface area contributed by atoms with Crippen LogP contribution in [0.15, 0.2) is 59.8 Å². The molecule has 2 amide bonds. The number of nitrogens with one attached hydrogen (secondary N) is 1. The fourth-order valence-electron chi connectivity index (χ4n) is 3.82. The van der Waals surface area contributed by atoms with Gasteiger partial charge in [0, 0.05) is 37.3 Å². The summed E-state index contributed by atoms with van der Waals surface area (Å²) in [5.74, 6) is -0.224. The highest BCUT2D eigenvalue weighted by atomic mass is 35.5. The summed E-state index contributed by atoms with van der Waals surface area (Å²) in [5, 5.41) is 3.15. The molecule has 1 atom stereocenters. The van der Waals surface area contributed by atoms with Crippen molar-refractivity contribution in [1.82, 2.24) is 14.9 Å². The Labute approximate surface area is 212 Å². The van der Waals surface area contributed by atoms with E-state index in [1.165, 1.54) is 12.1 Å². The molecule has 1 aliphatic heterocycles. The molecule has 0 bridgehead atoms. The number of anilines is 2. The molecule has 1 unspecified atom stereocenters. The molecule has 4 rings (SSSR count). The maximum absolute atomic E-state index is 13.8. The highest BCUT2D eigenvalue weighted by Crippen LogP contribution is 2.25. The second kappa shape index (κ2) is 11.0. The van der Waals surface area contributed by atoms with Gasteiger partial charge in [0.05, 0.1) is 11.4 Å².